The van der Waals surface area contributed by atoms with Crippen LogP contribution in [-0.2, 0) is 11.3 Å². The van der Waals surface area contributed by atoms with Crippen LogP contribution in [0.1, 0.15) is 45.8 Å². The third kappa shape index (κ3) is 3.42. The van der Waals surface area contributed by atoms with Crippen LogP contribution in [0.5, 0.6) is 5.75 Å². The van der Waals surface area contributed by atoms with Gasteiger partial charge in [-0.2, -0.15) is 0 Å². The zero-order valence-electron chi connectivity index (χ0n) is 17.0. The van der Waals surface area contributed by atoms with Crippen LogP contribution < -0.4 is 10.7 Å². The minimum atomic E-state index is -1.67. The fraction of sp³-hybridized carbons (Fsp3) is 0.381. The Hall–Kier alpha value is -3.34. The molecule has 2 aliphatic heterocycles. The molecule has 0 aliphatic carbocycles. The normalized spacial score (nSPS) is 20.0. The van der Waals surface area contributed by atoms with Crippen molar-refractivity contribution in [3.63, 3.8) is 0 Å². The minimum Gasteiger partial charge on any atom is -0.503 e. The summed E-state index contributed by atoms with van der Waals surface area (Å²) in [5.74, 6) is -6.86. The van der Waals surface area contributed by atoms with Crippen molar-refractivity contribution in [3.05, 3.63) is 62.8 Å². The van der Waals surface area contributed by atoms with Crippen LogP contribution in [0.15, 0.2) is 23.1 Å². The van der Waals surface area contributed by atoms with E-state index in [9.17, 15) is 32.7 Å². The van der Waals surface area contributed by atoms with Crippen LogP contribution in [0.25, 0.3) is 0 Å². The first-order chi connectivity index (χ1) is 15.3. The Morgan fingerprint density at radius 1 is 1.22 bits per heavy atom. The second kappa shape index (κ2) is 8.30. The van der Waals surface area contributed by atoms with Gasteiger partial charge >= 0.3 is 0 Å². The maximum absolute atomic E-state index is 13.9. The molecular weight excluding hydrogens is 431 g/mol. The fourth-order valence-corrected chi connectivity index (χ4v) is 4.23. The number of carbonyl (C=O) groups excluding carboxylic acids is 2. The van der Waals surface area contributed by atoms with E-state index in [-0.39, 0.29) is 29.9 Å². The van der Waals surface area contributed by atoms with Gasteiger partial charge in [-0.1, -0.05) is 6.07 Å². The molecule has 0 radical (unpaired) electrons. The first-order valence-corrected chi connectivity index (χ1v) is 10.0. The number of amides is 2. The Bertz CT molecular complexity index is 1170. The molecule has 2 aromatic rings. The van der Waals surface area contributed by atoms with Crippen LogP contribution in [-0.4, -0.2) is 52.2 Å². The number of hydrogen-bond acceptors (Lipinski definition) is 5. The number of carbonyl (C=O) groups is 2. The van der Waals surface area contributed by atoms with Gasteiger partial charge in [0.15, 0.2) is 28.9 Å². The summed E-state index contributed by atoms with van der Waals surface area (Å²) in [7, 11) is 0. The first-order valence-electron chi connectivity index (χ1n) is 10.0. The monoisotopic (exact) mass is 451 g/mol. The molecule has 0 spiro atoms. The summed E-state index contributed by atoms with van der Waals surface area (Å²) in [6, 6.07) is 1.03. The standard InChI is InChI=1S/C21H20F3N3O5/c1-2-26-14-9-32-6-5-13(14)27-8-11(18(28)19(29)17(27)21(26)31)20(30)25-7-10-3-4-12(22)16(24)15(10)23/h3-4,8,13-14,29H,2,5-7,9H2,1H3,(H,25,30)/t13-,14+/m0/s1. The van der Waals surface area contributed by atoms with Crippen LogP contribution in [0.2, 0.25) is 0 Å². The lowest BCUT2D eigenvalue weighted by atomic mass is 9.96. The van der Waals surface area contributed by atoms with Gasteiger partial charge < -0.3 is 24.6 Å². The molecule has 32 heavy (non-hydrogen) atoms. The van der Waals surface area contributed by atoms with E-state index in [0.29, 0.717) is 19.6 Å². The molecule has 4 rings (SSSR count). The Morgan fingerprint density at radius 2 is 1.97 bits per heavy atom. The van der Waals surface area contributed by atoms with Gasteiger partial charge in [-0.25, -0.2) is 13.2 Å². The molecular formula is C21H20F3N3O5. The Kier molecular flexibility index (Phi) is 5.68. The molecule has 2 aliphatic rings. The van der Waals surface area contributed by atoms with E-state index in [4.69, 9.17) is 4.74 Å². The van der Waals surface area contributed by atoms with Gasteiger partial charge in [-0.3, -0.25) is 14.4 Å². The lowest BCUT2D eigenvalue weighted by Gasteiger charge is -2.45. The van der Waals surface area contributed by atoms with Crippen molar-refractivity contribution in [2.75, 3.05) is 19.8 Å². The molecule has 1 saturated heterocycles. The molecule has 1 aromatic heterocycles. The van der Waals surface area contributed by atoms with Crippen molar-refractivity contribution in [3.8, 4) is 5.75 Å². The molecule has 0 bridgehead atoms. The van der Waals surface area contributed by atoms with Gasteiger partial charge in [0.25, 0.3) is 11.8 Å². The zero-order chi connectivity index (χ0) is 23.2. The number of nitrogens with zero attached hydrogens (tertiary/aromatic N) is 2. The van der Waals surface area contributed by atoms with Crippen molar-refractivity contribution < 1.29 is 32.6 Å². The number of fused-ring (bicyclic) bond motifs is 3. The number of benzene rings is 1. The summed E-state index contributed by atoms with van der Waals surface area (Å²) in [5.41, 5.74) is -2.05. The van der Waals surface area contributed by atoms with Crippen molar-refractivity contribution in [1.29, 1.82) is 0 Å². The fourth-order valence-electron chi connectivity index (χ4n) is 4.23. The molecule has 11 heteroatoms. The largest absolute Gasteiger partial charge is 0.503 e. The van der Waals surface area contributed by atoms with Crippen LogP contribution >= 0.6 is 0 Å². The summed E-state index contributed by atoms with van der Waals surface area (Å²) in [6.45, 7) is 2.27. The zero-order valence-corrected chi connectivity index (χ0v) is 17.0. The quantitative estimate of drug-likeness (QED) is 0.690. The number of halogens is 3. The molecule has 0 unspecified atom stereocenters. The minimum absolute atomic E-state index is 0.205. The van der Waals surface area contributed by atoms with Crippen LogP contribution in [0, 0.1) is 17.5 Å². The number of rotatable bonds is 4. The molecule has 170 valence electrons. The average Bonchev–Trinajstić information content (AvgIpc) is 2.79. The number of pyridine rings is 1. The van der Waals surface area contributed by atoms with Gasteiger partial charge in [0.1, 0.15) is 5.56 Å². The average molecular weight is 451 g/mol. The van der Waals surface area contributed by atoms with Gasteiger partial charge in [-0.15, -0.1) is 0 Å². The highest BCUT2D eigenvalue weighted by molar-refractivity contribution is 5.99. The van der Waals surface area contributed by atoms with E-state index >= 15 is 0 Å². The van der Waals surface area contributed by atoms with Crippen molar-refractivity contribution in [2.45, 2.75) is 32.0 Å². The third-order valence-corrected chi connectivity index (χ3v) is 5.86. The number of ether oxygens (including phenoxy) is 1. The predicted octanol–water partition coefficient (Wildman–Crippen LogP) is 1.71. The van der Waals surface area contributed by atoms with Crippen molar-refractivity contribution in [2.24, 2.45) is 0 Å². The Balaban J connectivity index is 1.69. The summed E-state index contributed by atoms with van der Waals surface area (Å²) in [6.07, 6.45) is 1.69. The summed E-state index contributed by atoms with van der Waals surface area (Å²) in [5, 5.41) is 12.8. The predicted molar refractivity (Wildman–Crippen MR) is 105 cm³/mol. The van der Waals surface area contributed by atoms with Gasteiger partial charge in [0, 0.05) is 31.5 Å². The lowest BCUT2D eigenvalue weighted by Crippen LogP contribution is -2.55. The van der Waals surface area contributed by atoms with Gasteiger partial charge in [0.05, 0.1) is 18.7 Å². The molecule has 3 heterocycles. The van der Waals surface area contributed by atoms with Crippen LogP contribution in [0.4, 0.5) is 13.2 Å². The van der Waals surface area contributed by atoms with E-state index in [1.165, 1.54) is 15.7 Å². The smallest absolute Gasteiger partial charge is 0.274 e. The molecule has 0 saturated carbocycles. The van der Waals surface area contributed by atoms with E-state index in [0.717, 1.165) is 12.1 Å². The molecule has 2 atom stereocenters. The molecule has 1 fully saturated rings. The molecule has 2 N–H and O–H groups in total. The Morgan fingerprint density at radius 3 is 2.69 bits per heavy atom. The number of hydrogen-bond donors (Lipinski definition) is 2. The third-order valence-electron chi connectivity index (χ3n) is 5.86. The second-order valence-corrected chi connectivity index (χ2v) is 7.58. The first kappa shape index (κ1) is 21.9. The molecule has 2 amide bonds. The van der Waals surface area contributed by atoms with Crippen molar-refractivity contribution >= 4 is 11.8 Å². The van der Waals surface area contributed by atoms with Crippen LogP contribution in [0.3, 0.4) is 0 Å². The molecule has 1 aromatic carbocycles. The second-order valence-electron chi connectivity index (χ2n) is 7.58. The SMILES string of the molecule is CCN1C(=O)c2c(O)c(=O)c(C(=O)NCc3ccc(F)c(F)c3F)cn2[C@H]2CCOC[C@H]21. The van der Waals surface area contributed by atoms with E-state index in [1.54, 1.807) is 6.92 Å². The Labute approximate surface area is 180 Å². The maximum atomic E-state index is 13.9. The van der Waals surface area contributed by atoms with E-state index in [2.05, 4.69) is 5.32 Å². The van der Waals surface area contributed by atoms with Gasteiger partial charge in [-0.05, 0) is 19.4 Å². The number of likely N-dealkylation sites (N-methyl/N-ethyl adjacent to an activating group) is 1. The summed E-state index contributed by atoms with van der Waals surface area (Å²) < 4.78 is 47.2. The molecule has 8 nitrogen and oxygen atoms in total. The van der Waals surface area contributed by atoms with Crippen molar-refractivity contribution in [1.82, 2.24) is 14.8 Å². The van der Waals surface area contributed by atoms with E-state index < -0.39 is 52.6 Å². The number of nitrogens with one attached hydrogen (secondary N) is 1. The highest BCUT2D eigenvalue weighted by atomic mass is 19.2. The highest BCUT2D eigenvalue weighted by Crippen LogP contribution is 2.35. The summed E-state index contributed by atoms with van der Waals surface area (Å²) in [4.78, 5) is 39.7. The summed E-state index contributed by atoms with van der Waals surface area (Å²) >= 11 is 0. The number of aromatic nitrogens is 1. The van der Waals surface area contributed by atoms with Gasteiger partial charge in [0.2, 0.25) is 5.43 Å². The maximum Gasteiger partial charge on any atom is 0.274 e. The lowest BCUT2D eigenvalue weighted by molar-refractivity contribution is -0.0176. The topological polar surface area (TPSA) is 101 Å². The highest BCUT2D eigenvalue weighted by Gasteiger charge is 2.43. The van der Waals surface area contributed by atoms with E-state index in [1.807, 2.05) is 0 Å². The number of aromatic hydroxyl groups is 1.